The summed E-state index contributed by atoms with van der Waals surface area (Å²) in [7, 11) is 3.98. The number of hydrogen-bond acceptors (Lipinski definition) is 5. The second-order valence-corrected chi connectivity index (χ2v) is 3.95. The van der Waals surface area contributed by atoms with E-state index >= 15 is 0 Å². The van der Waals surface area contributed by atoms with E-state index in [2.05, 4.69) is 14.0 Å². The van der Waals surface area contributed by atoms with Crippen molar-refractivity contribution in [2.24, 2.45) is 0 Å². The van der Waals surface area contributed by atoms with Crippen LogP contribution in [0, 0.1) is 0 Å². The molecule has 0 aromatic heterocycles. The molecular weight excluding hydrogens is 262 g/mol. The molecule has 17 heavy (non-hydrogen) atoms. The highest BCUT2D eigenvalue weighted by molar-refractivity contribution is 7.10. The number of rotatable bonds is 5. The molecule has 0 aliphatic carbocycles. The monoisotopic (exact) mass is 276 g/mol. The molecule has 3 atom stereocenters. The molecule has 0 spiro atoms. The van der Waals surface area contributed by atoms with E-state index in [1.165, 1.54) is 18.2 Å². The molecule has 0 fully saturated rings. The molecule has 3 unspecified atom stereocenters. The Balaban J connectivity index is 2.85. The zero-order valence-corrected chi connectivity index (χ0v) is 11.6. The first-order valence-electron chi connectivity index (χ1n) is 4.80. The van der Waals surface area contributed by atoms with Crippen molar-refractivity contribution in [1.29, 1.82) is 0 Å². The molecule has 0 bridgehead atoms. The third-order valence-corrected chi connectivity index (χ3v) is 2.31. The lowest BCUT2D eigenvalue weighted by Gasteiger charge is -2.14. The molecule has 5 nitrogen and oxygen atoms in total. The highest BCUT2D eigenvalue weighted by atomic mass is 31.0. The summed E-state index contributed by atoms with van der Waals surface area (Å²) in [6.07, 6.45) is -0.200. The highest BCUT2D eigenvalue weighted by Crippen LogP contribution is 2.23. The Labute approximate surface area is 104 Å². The molecule has 94 valence electrons. The number of ether oxygens (including phenoxy) is 1. The van der Waals surface area contributed by atoms with Crippen LogP contribution in [0.3, 0.4) is 0 Å². The summed E-state index contributed by atoms with van der Waals surface area (Å²) in [5, 5.41) is 9.45. The van der Waals surface area contributed by atoms with E-state index in [0.29, 0.717) is 12.4 Å². The minimum absolute atomic E-state index is 0.0631. The van der Waals surface area contributed by atoms with Crippen LogP contribution in [0.15, 0.2) is 18.2 Å². The first-order chi connectivity index (χ1) is 8.06. The van der Waals surface area contributed by atoms with E-state index in [4.69, 9.17) is 9.26 Å². The largest absolute Gasteiger partial charge is 0.508 e. The van der Waals surface area contributed by atoms with Gasteiger partial charge in [0.05, 0.1) is 21.6 Å². The normalized spacial score (nSPS) is 11.9. The molecule has 1 rings (SSSR count). The molecule has 1 aromatic rings. The van der Waals surface area contributed by atoms with Crippen LogP contribution in [-0.2, 0) is 9.05 Å². The zero-order chi connectivity index (χ0) is 12.8. The molecule has 0 saturated carbocycles. The van der Waals surface area contributed by atoms with Gasteiger partial charge in [0, 0.05) is 15.5 Å². The maximum Gasteiger partial charge on any atom is 0.340 e. The van der Waals surface area contributed by atoms with Crippen molar-refractivity contribution in [3.05, 3.63) is 23.8 Å². The number of phenolic OH excluding ortho intramolecular Hbond substituents is 1. The zero-order valence-electron chi connectivity index (χ0n) is 9.25. The fourth-order valence-corrected chi connectivity index (χ4v) is 1.65. The number of hydrogen-bond donors (Lipinski definition) is 1. The van der Waals surface area contributed by atoms with Crippen LogP contribution < -0.4 is 4.74 Å². The highest BCUT2D eigenvalue weighted by Gasteiger charge is 2.11. The van der Waals surface area contributed by atoms with Crippen molar-refractivity contribution in [2.45, 2.75) is 13.0 Å². The van der Waals surface area contributed by atoms with Crippen LogP contribution in [0.25, 0.3) is 0 Å². The van der Waals surface area contributed by atoms with Crippen LogP contribution in [0.1, 0.15) is 17.3 Å². The quantitative estimate of drug-likeness (QED) is 0.832. The lowest BCUT2D eigenvalue weighted by molar-refractivity contribution is 0.0764. The van der Waals surface area contributed by atoms with Crippen LogP contribution in [0.4, 0.5) is 0 Å². The van der Waals surface area contributed by atoms with Crippen LogP contribution in [0.5, 0.6) is 11.5 Å². The van der Waals surface area contributed by atoms with Crippen molar-refractivity contribution in [2.75, 3.05) is 6.61 Å². The summed E-state index contributed by atoms with van der Waals surface area (Å²) in [6, 6.07) is 4.21. The van der Waals surface area contributed by atoms with E-state index in [1.807, 2.05) is 16.4 Å². The lowest BCUT2D eigenvalue weighted by atomic mass is 10.2. The average Bonchev–Trinajstić information content (AvgIpc) is 2.27. The maximum absolute atomic E-state index is 11.3. The molecule has 0 saturated heterocycles. The topological polar surface area (TPSA) is 65.0 Å². The van der Waals surface area contributed by atoms with Crippen LogP contribution in [-0.4, -0.2) is 23.8 Å². The van der Waals surface area contributed by atoms with Gasteiger partial charge in [0.15, 0.2) is 0 Å². The molecule has 1 N–H and O–H groups in total. The van der Waals surface area contributed by atoms with E-state index in [0.717, 1.165) is 0 Å². The van der Waals surface area contributed by atoms with Gasteiger partial charge in [-0.3, -0.25) is 0 Å². The van der Waals surface area contributed by atoms with E-state index in [-0.39, 0.29) is 17.4 Å². The minimum atomic E-state index is -0.564. The standard InChI is InChI=1S/C10H14O5P2/c1-6(5-13-16)14-9-3-7(10(12)15-17)2-8(11)4-9/h2-4,6,11H,5,16-17H2,1H3. The fourth-order valence-electron chi connectivity index (χ4n) is 1.24. The Morgan fingerprint density at radius 3 is 2.71 bits per heavy atom. The molecule has 0 aliphatic rings. The van der Waals surface area contributed by atoms with Crippen LogP contribution in [0.2, 0.25) is 0 Å². The van der Waals surface area contributed by atoms with Gasteiger partial charge in [0.1, 0.15) is 17.6 Å². The Hall–Kier alpha value is -0.890. The summed E-state index contributed by atoms with van der Waals surface area (Å²) >= 11 is 0. The third-order valence-electron chi connectivity index (χ3n) is 1.90. The van der Waals surface area contributed by atoms with Gasteiger partial charge in [-0.1, -0.05) is 0 Å². The smallest absolute Gasteiger partial charge is 0.340 e. The Bertz CT molecular complexity index is 396. The first-order valence-corrected chi connectivity index (χ1v) is 5.74. The van der Waals surface area contributed by atoms with Crippen molar-refractivity contribution in [3.63, 3.8) is 0 Å². The molecule has 0 radical (unpaired) electrons. The van der Waals surface area contributed by atoms with Crippen molar-refractivity contribution >= 4 is 24.9 Å². The van der Waals surface area contributed by atoms with Crippen LogP contribution >= 0.6 is 18.9 Å². The van der Waals surface area contributed by atoms with Gasteiger partial charge in [0.2, 0.25) is 0 Å². The van der Waals surface area contributed by atoms with Gasteiger partial charge in [-0.05, 0) is 19.1 Å². The van der Waals surface area contributed by atoms with E-state index < -0.39 is 5.97 Å². The van der Waals surface area contributed by atoms with Gasteiger partial charge in [-0.25, -0.2) is 4.79 Å². The molecule has 0 heterocycles. The minimum Gasteiger partial charge on any atom is -0.508 e. The summed E-state index contributed by atoms with van der Waals surface area (Å²) in [6.45, 7) is 2.19. The second-order valence-electron chi connectivity index (χ2n) is 3.38. The molecule has 0 aliphatic heterocycles. The number of phenols is 1. The Morgan fingerprint density at radius 1 is 1.41 bits per heavy atom. The average molecular weight is 276 g/mol. The summed E-state index contributed by atoms with van der Waals surface area (Å²) in [5.74, 6) is -0.248. The number of aromatic hydroxyl groups is 1. The number of benzene rings is 1. The summed E-state index contributed by atoms with van der Waals surface area (Å²) in [4.78, 5) is 11.3. The van der Waals surface area contributed by atoms with Crippen molar-refractivity contribution in [1.82, 2.24) is 0 Å². The fraction of sp³-hybridized carbons (Fsp3) is 0.300. The first kappa shape index (κ1) is 14.2. The van der Waals surface area contributed by atoms with Gasteiger partial charge >= 0.3 is 5.97 Å². The molecule has 0 amide bonds. The predicted molar refractivity (Wildman–Crippen MR) is 69.0 cm³/mol. The predicted octanol–water partition coefficient (Wildman–Crippen LogP) is 1.91. The molecule has 7 heteroatoms. The van der Waals surface area contributed by atoms with Gasteiger partial charge in [-0.2, -0.15) is 0 Å². The SMILES string of the molecule is CC(COP)Oc1cc(O)cc(C(=O)OP)c1. The Morgan fingerprint density at radius 2 is 2.12 bits per heavy atom. The van der Waals surface area contributed by atoms with Gasteiger partial charge in [0.25, 0.3) is 0 Å². The van der Waals surface area contributed by atoms with Crippen molar-refractivity contribution in [3.8, 4) is 11.5 Å². The maximum atomic E-state index is 11.3. The van der Waals surface area contributed by atoms with E-state index in [1.54, 1.807) is 0 Å². The molecular formula is C10H14O5P2. The second kappa shape index (κ2) is 6.75. The van der Waals surface area contributed by atoms with Gasteiger partial charge in [-0.15, -0.1) is 0 Å². The lowest BCUT2D eigenvalue weighted by Crippen LogP contribution is -2.17. The summed E-state index contributed by atoms with van der Waals surface area (Å²) < 4.78 is 14.8. The Kier molecular flexibility index (Phi) is 5.63. The number of carbonyl (C=O) groups is 1. The summed E-state index contributed by atoms with van der Waals surface area (Å²) in [5.41, 5.74) is 0.217. The van der Waals surface area contributed by atoms with Gasteiger partial charge < -0.3 is 18.9 Å². The third kappa shape index (κ3) is 4.47. The molecule has 1 aromatic carbocycles. The number of carbonyl (C=O) groups excluding carboxylic acids is 1. The van der Waals surface area contributed by atoms with E-state index in [9.17, 15) is 9.90 Å². The van der Waals surface area contributed by atoms with Crippen molar-refractivity contribution < 1.29 is 23.7 Å².